The Morgan fingerprint density at radius 3 is 2.91 bits per heavy atom. The number of halogens is 1. The van der Waals surface area contributed by atoms with Crippen molar-refractivity contribution in [1.29, 1.82) is 0 Å². The Hall–Kier alpha value is -2.01. The van der Waals surface area contributed by atoms with E-state index >= 15 is 0 Å². The molecule has 23 heavy (non-hydrogen) atoms. The molecule has 1 heterocycles. The topological polar surface area (TPSA) is 49.9 Å². The van der Waals surface area contributed by atoms with E-state index < -0.39 is 0 Å². The standard InChI is InChI=1S/C18H18BrN3O/c1-23-13-7-8-14(11-5-6-11)12(9-13)10-20-18-21-16-4-2-3-15(19)17(16)22-18/h2-4,7-9,11H,5-6,10H2,1H3,(H2,20,21,22). The molecular formula is C18H18BrN3O. The maximum absolute atomic E-state index is 5.37. The lowest BCUT2D eigenvalue weighted by molar-refractivity contribution is 0.414. The van der Waals surface area contributed by atoms with Crippen LogP contribution >= 0.6 is 15.9 Å². The van der Waals surface area contributed by atoms with Gasteiger partial charge in [0.15, 0.2) is 0 Å². The number of aromatic nitrogens is 2. The van der Waals surface area contributed by atoms with Crippen LogP contribution in [0.1, 0.15) is 29.9 Å². The van der Waals surface area contributed by atoms with Gasteiger partial charge in [-0.15, -0.1) is 0 Å². The zero-order chi connectivity index (χ0) is 15.8. The van der Waals surface area contributed by atoms with Crippen molar-refractivity contribution in [2.24, 2.45) is 0 Å². The smallest absolute Gasteiger partial charge is 0.201 e. The molecule has 4 nitrogen and oxygen atoms in total. The number of imidazole rings is 1. The van der Waals surface area contributed by atoms with Gasteiger partial charge in [-0.05, 0) is 70.1 Å². The van der Waals surface area contributed by atoms with Gasteiger partial charge in [-0.3, -0.25) is 0 Å². The average molecular weight is 372 g/mol. The van der Waals surface area contributed by atoms with Crippen molar-refractivity contribution >= 4 is 32.9 Å². The highest BCUT2D eigenvalue weighted by Gasteiger charge is 2.26. The predicted molar refractivity (Wildman–Crippen MR) is 96.1 cm³/mol. The molecule has 0 bridgehead atoms. The molecule has 3 aromatic rings. The van der Waals surface area contributed by atoms with Gasteiger partial charge in [0.1, 0.15) is 11.3 Å². The molecule has 1 aliphatic carbocycles. The first kappa shape index (κ1) is 14.6. The van der Waals surface area contributed by atoms with Crippen molar-refractivity contribution in [3.63, 3.8) is 0 Å². The number of aromatic amines is 1. The van der Waals surface area contributed by atoms with Gasteiger partial charge >= 0.3 is 0 Å². The van der Waals surface area contributed by atoms with Gasteiger partial charge in [0.2, 0.25) is 5.95 Å². The fourth-order valence-electron chi connectivity index (χ4n) is 2.91. The van der Waals surface area contributed by atoms with Gasteiger partial charge in [-0.25, -0.2) is 4.98 Å². The van der Waals surface area contributed by atoms with Crippen molar-refractivity contribution in [3.05, 3.63) is 52.0 Å². The molecule has 0 saturated heterocycles. The summed E-state index contributed by atoms with van der Waals surface area (Å²) in [6, 6.07) is 12.4. The Morgan fingerprint density at radius 1 is 1.30 bits per heavy atom. The number of hydrogen-bond acceptors (Lipinski definition) is 3. The Labute approximate surface area is 143 Å². The Balaban J connectivity index is 1.59. The predicted octanol–water partition coefficient (Wildman–Crippen LogP) is 4.82. The van der Waals surface area contributed by atoms with E-state index in [4.69, 9.17) is 4.74 Å². The van der Waals surface area contributed by atoms with E-state index in [1.807, 2.05) is 18.2 Å². The number of ether oxygens (including phenoxy) is 1. The number of nitrogens with one attached hydrogen (secondary N) is 2. The molecule has 0 amide bonds. The molecule has 0 aliphatic heterocycles. The van der Waals surface area contributed by atoms with E-state index in [0.29, 0.717) is 5.92 Å². The summed E-state index contributed by atoms with van der Waals surface area (Å²) in [6.07, 6.45) is 2.58. The van der Waals surface area contributed by atoms with Crippen LogP contribution in [0.3, 0.4) is 0 Å². The molecule has 118 valence electrons. The van der Waals surface area contributed by atoms with Crippen LogP contribution in [0, 0.1) is 0 Å². The third kappa shape index (κ3) is 2.93. The van der Waals surface area contributed by atoms with E-state index in [1.54, 1.807) is 7.11 Å². The summed E-state index contributed by atoms with van der Waals surface area (Å²) in [6.45, 7) is 0.737. The van der Waals surface area contributed by atoms with Crippen molar-refractivity contribution in [2.75, 3.05) is 12.4 Å². The zero-order valence-corrected chi connectivity index (χ0v) is 14.5. The molecule has 5 heteroatoms. The molecule has 1 fully saturated rings. The van der Waals surface area contributed by atoms with Crippen LogP contribution in [0.5, 0.6) is 5.75 Å². The van der Waals surface area contributed by atoms with Crippen molar-refractivity contribution < 1.29 is 4.74 Å². The van der Waals surface area contributed by atoms with Crippen LogP contribution in [-0.4, -0.2) is 17.1 Å². The number of rotatable bonds is 5. The van der Waals surface area contributed by atoms with Gasteiger partial charge in [0, 0.05) is 11.0 Å². The number of benzene rings is 2. The van der Waals surface area contributed by atoms with Crippen molar-refractivity contribution in [1.82, 2.24) is 9.97 Å². The molecule has 0 spiro atoms. The summed E-state index contributed by atoms with van der Waals surface area (Å²) in [5.41, 5.74) is 4.68. The minimum absolute atomic E-state index is 0.711. The van der Waals surface area contributed by atoms with Crippen LogP contribution in [0.25, 0.3) is 11.0 Å². The van der Waals surface area contributed by atoms with E-state index in [1.165, 1.54) is 24.0 Å². The second-order valence-corrected chi connectivity index (χ2v) is 6.77. The average Bonchev–Trinajstić information content (AvgIpc) is 3.32. The second-order valence-electron chi connectivity index (χ2n) is 5.91. The maximum atomic E-state index is 5.37. The molecule has 0 unspecified atom stereocenters. The third-order valence-corrected chi connectivity index (χ3v) is 4.92. The zero-order valence-electron chi connectivity index (χ0n) is 12.9. The summed E-state index contributed by atoms with van der Waals surface area (Å²) < 4.78 is 6.37. The van der Waals surface area contributed by atoms with Crippen LogP contribution < -0.4 is 10.1 Å². The third-order valence-electron chi connectivity index (χ3n) is 4.28. The molecule has 1 saturated carbocycles. The van der Waals surface area contributed by atoms with Gasteiger partial charge < -0.3 is 15.0 Å². The first-order valence-electron chi connectivity index (χ1n) is 7.79. The molecule has 2 aromatic carbocycles. The number of H-pyrrole nitrogens is 1. The van der Waals surface area contributed by atoms with E-state index in [0.717, 1.165) is 33.7 Å². The summed E-state index contributed by atoms with van der Waals surface area (Å²) >= 11 is 3.54. The fourth-order valence-corrected chi connectivity index (χ4v) is 3.37. The molecule has 4 rings (SSSR count). The molecule has 0 radical (unpaired) electrons. The Morgan fingerprint density at radius 2 is 2.17 bits per heavy atom. The van der Waals surface area contributed by atoms with E-state index in [-0.39, 0.29) is 0 Å². The van der Waals surface area contributed by atoms with Gasteiger partial charge in [-0.2, -0.15) is 0 Å². The molecule has 1 aliphatic rings. The lowest BCUT2D eigenvalue weighted by Gasteiger charge is -2.11. The summed E-state index contributed by atoms with van der Waals surface area (Å²) in [5, 5.41) is 3.41. The molecular weight excluding hydrogens is 354 g/mol. The highest BCUT2D eigenvalue weighted by Crippen LogP contribution is 2.42. The molecule has 1 aromatic heterocycles. The SMILES string of the molecule is COc1ccc(C2CC2)c(CNc2nc3c(Br)cccc3[nH]2)c1. The number of hydrogen-bond donors (Lipinski definition) is 2. The van der Waals surface area contributed by atoms with Gasteiger partial charge in [0.25, 0.3) is 0 Å². The number of fused-ring (bicyclic) bond motifs is 1. The lowest BCUT2D eigenvalue weighted by Crippen LogP contribution is -2.04. The Bertz CT molecular complexity index is 855. The van der Waals surface area contributed by atoms with Crippen LogP contribution in [0.15, 0.2) is 40.9 Å². The number of nitrogens with zero attached hydrogens (tertiary/aromatic N) is 1. The maximum Gasteiger partial charge on any atom is 0.201 e. The normalized spacial score (nSPS) is 14.2. The summed E-state index contributed by atoms with van der Waals surface area (Å²) in [7, 11) is 1.71. The summed E-state index contributed by atoms with van der Waals surface area (Å²) in [5.74, 6) is 2.40. The number of para-hydroxylation sites is 1. The number of anilines is 1. The minimum Gasteiger partial charge on any atom is -0.497 e. The first-order valence-corrected chi connectivity index (χ1v) is 8.59. The van der Waals surface area contributed by atoms with Crippen molar-refractivity contribution in [3.8, 4) is 5.75 Å². The van der Waals surface area contributed by atoms with Gasteiger partial charge in [-0.1, -0.05) is 12.1 Å². The molecule has 0 atom stereocenters. The number of methoxy groups -OCH3 is 1. The highest BCUT2D eigenvalue weighted by atomic mass is 79.9. The second kappa shape index (κ2) is 5.89. The first-order chi connectivity index (χ1) is 11.2. The Kier molecular flexibility index (Phi) is 3.73. The summed E-state index contributed by atoms with van der Waals surface area (Å²) in [4.78, 5) is 7.93. The minimum atomic E-state index is 0.711. The monoisotopic (exact) mass is 371 g/mol. The van der Waals surface area contributed by atoms with E-state index in [2.05, 4.69) is 49.4 Å². The lowest BCUT2D eigenvalue weighted by atomic mass is 10.0. The van der Waals surface area contributed by atoms with Gasteiger partial charge in [0.05, 0.1) is 12.6 Å². The fraction of sp³-hybridized carbons (Fsp3) is 0.278. The molecule has 2 N–H and O–H groups in total. The van der Waals surface area contributed by atoms with Crippen molar-refractivity contribution in [2.45, 2.75) is 25.3 Å². The van der Waals surface area contributed by atoms with E-state index in [9.17, 15) is 0 Å². The van der Waals surface area contributed by atoms with Crippen LogP contribution in [0.4, 0.5) is 5.95 Å². The van der Waals surface area contributed by atoms with Crippen LogP contribution in [0.2, 0.25) is 0 Å². The quantitative estimate of drug-likeness (QED) is 0.675. The largest absolute Gasteiger partial charge is 0.497 e. The highest BCUT2D eigenvalue weighted by molar-refractivity contribution is 9.10. The van der Waals surface area contributed by atoms with Crippen LogP contribution in [-0.2, 0) is 6.54 Å².